The Hall–Kier alpha value is -3.52. The molecular formula is C29H36N6O2. The van der Waals surface area contributed by atoms with Crippen molar-refractivity contribution in [3.63, 3.8) is 0 Å². The number of piperazine rings is 1. The molecule has 8 heteroatoms. The Morgan fingerprint density at radius 3 is 2.76 bits per heavy atom. The third-order valence-corrected chi connectivity index (χ3v) is 7.48. The third-order valence-electron chi connectivity index (χ3n) is 7.48. The van der Waals surface area contributed by atoms with Gasteiger partial charge in [-0.2, -0.15) is 0 Å². The molecule has 1 aliphatic carbocycles. The van der Waals surface area contributed by atoms with Crippen LogP contribution in [0, 0.1) is 5.92 Å². The SMILES string of the molecule is C=Cc1cc(-c2cc(N)c(N3CCN(C(=O)CCOC)[C@H](C(C)C)C3)nc2C2CC2)c2ccncc2n1. The minimum Gasteiger partial charge on any atom is -0.396 e. The zero-order valence-corrected chi connectivity index (χ0v) is 22.0. The highest BCUT2D eigenvalue weighted by atomic mass is 16.5. The molecule has 0 bridgehead atoms. The molecule has 0 unspecified atom stereocenters. The monoisotopic (exact) mass is 500 g/mol. The zero-order valence-electron chi connectivity index (χ0n) is 22.0. The molecule has 2 N–H and O–H groups in total. The lowest BCUT2D eigenvalue weighted by Gasteiger charge is -2.44. The van der Waals surface area contributed by atoms with Crippen molar-refractivity contribution >= 4 is 34.4 Å². The summed E-state index contributed by atoms with van der Waals surface area (Å²) in [5.74, 6) is 1.70. The number of hydrogen-bond acceptors (Lipinski definition) is 7. The van der Waals surface area contributed by atoms with Gasteiger partial charge < -0.3 is 20.3 Å². The molecule has 1 atom stereocenters. The van der Waals surface area contributed by atoms with Gasteiger partial charge in [-0.3, -0.25) is 9.78 Å². The summed E-state index contributed by atoms with van der Waals surface area (Å²) < 4.78 is 5.14. The summed E-state index contributed by atoms with van der Waals surface area (Å²) in [5.41, 5.74) is 12.2. The number of methoxy groups -OCH3 is 1. The van der Waals surface area contributed by atoms with Crippen LogP contribution >= 0.6 is 0 Å². The lowest BCUT2D eigenvalue weighted by molar-refractivity contribution is -0.135. The molecule has 1 saturated carbocycles. The van der Waals surface area contributed by atoms with Gasteiger partial charge in [-0.05, 0) is 48.6 Å². The first-order chi connectivity index (χ1) is 17.9. The number of rotatable bonds is 8. The van der Waals surface area contributed by atoms with Crippen molar-refractivity contribution < 1.29 is 9.53 Å². The number of ether oxygens (including phenoxy) is 1. The van der Waals surface area contributed by atoms with Crippen LogP contribution in [0.3, 0.4) is 0 Å². The van der Waals surface area contributed by atoms with E-state index < -0.39 is 0 Å². The lowest BCUT2D eigenvalue weighted by atomic mass is 9.96. The molecule has 8 nitrogen and oxygen atoms in total. The number of pyridine rings is 3. The van der Waals surface area contributed by atoms with Crippen LogP contribution < -0.4 is 10.6 Å². The second-order valence-electron chi connectivity index (χ2n) is 10.4. The number of anilines is 2. The number of nitrogen functional groups attached to an aromatic ring is 1. The summed E-state index contributed by atoms with van der Waals surface area (Å²) in [6.45, 7) is 10.8. The van der Waals surface area contributed by atoms with Crippen molar-refractivity contribution in [1.82, 2.24) is 19.9 Å². The second-order valence-corrected chi connectivity index (χ2v) is 10.4. The van der Waals surface area contributed by atoms with Gasteiger partial charge in [0.1, 0.15) is 0 Å². The zero-order chi connectivity index (χ0) is 26.1. The van der Waals surface area contributed by atoms with Crippen LogP contribution in [-0.4, -0.2) is 65.2 Å². The Morgan fingerprint density at radius 1 is 1.24 bits per heavy atom. The van der Waals surface area contributed by atoms with Crippen molar-refractivity contribution in [3.8, 4) is 11.1 Å². The van der Waals surface area contributed by atoms with Crippen LogP contribution in [0.25, 0.3) is 28.1 Å². The van der Waals surface area contributed by atoms with E-state index in [1.165, 1.54) is 0 Å². The van der Waals surface area contributed by atoms with Gasteiger partial charge in [0.05, 0.1) is 47.9 Å². The van der Waals surface area contributed by atoms with Crippen molar-refractivity contribution in [2.75, 3.05) is 44.0 Å². The second kappa shape index (κ2) is 10.5. The molecule has 5 rings (SSSR count). The molecule has 1 amide bonds. The highest BCUT2D eigenvalue weighted by molar-refractivity contribution is 5.96. The van der Waals surface area contributed by atoms with Gasteiger partial charge >= 0.3 is 0 Å². The lowest BCUT2D eigenvalue weighted by Crippen LogP contribution is -2.57. The van der Waals surface area contributed by atoms with Crippen LogP contribution in [0.15, 0.2) is 37.2 Å². The number of nitrogens with two attached hydrogens (primary N) is 1. The first-order valence-electron chi connectivity index (χ1n) is 13.1. The maximum Gasteiger partial charge on any atom is 0.225 e. The standard InChI is InChI=1S/C29H36N6O2/c1-5-20-14-22(21-8-10-31-16-25(21)32-20)23-15-24(30)29(33-28(23)19-6-7-19)34-11-12-35(26(17-34)18(2)3)27(36)9-13-37-4/h5,8,10,14-16,18-19,26H,1,6-7,9,11-13,17,30H2,2-4H3/t26-/m0/s1. The Morgan fingerprint density at radius 2 is 2.05 bits per heavy atom. The van der Waals surface area contributed by atoms with Gasteiger partial charge in [0.25, 0.3) is 0 Å². The fourth-order valence-corrected chi connectivity index (χ4v) is 5.31. The van der Waals surface area contributed by atoms with Gasteiger partial charge in [-0.25, -0.2) is 9.97 Å². The summed E-state index contributed by atoms with van der Waals surface area (Å²) in [7, 11) is 1.63. The molecule has 37 heavy (non-hydrogen) atoms. The Kier molecular flexibility index (Phi) is 7.11. The number of hydrogen-bond donors (Lipinski definition) is 1. The van der Waals surface area contributed by atoms with E-state index in [-0.39, 0.29) is 11.9 Å². The first kappa shape index (κ1) is 25.1. The average Bonchev–Trinajstić information content (AvgIpc) is 3.76. The van der Waals surface area contributed by atoms with E-state index in [2.05, 4.69) is 47.4 Å². The van der Waals surface area contributed by atoms with Crippen LogP contribution in [0.1, 0.15) is 50.4 Å². The van der Waals surface area contributed by atoms with Crippen molar-refractivity contribution in [3.05, 3.63) is 48.6 Å². The van der Waals surface area contributed by atoms with E-state index in [1.807, 2.05) is 11.0 Å². The van der Waals surface area contributed by atoms with Gasteiger partial charge in [-0.1, -0.05) is 20.4 Å². The minimum absolute atomic E-state index is 0.0927. The fourth-order valence-electron chi connectivity index (χ4n) is 5.31. The largest absolute Gasteiger partial charge is 0.396 e. The minimum atomic E-state index is 0.0927. The van der Waals surface area contributed by atoms with Gasteiger partial charge in [0, 0.05) is 49.8 Å². The van der Waals surface area contributed by atoms with Crippen LogP contribution in [0.5, 0.6) is 0 Å². The smallest absolute Gasteiger partial charge is 0.225 e. The predicted octanol–water partition coefficient (Wildman–Crippen LogP) is 4.50. The molecule has 4 heterocycles. The Balaban J connectivity index is 1.52. The van der Waals surface area contributed by atoms with Gasteiger partial charge in [0.15, 0.2) is 5.82 Å². The molecule has 2 fully saturated rings. The molecule has 0 radical (unpaired) electrons. The van der Waals surface area contributed by atoms with E-state index in [9.17, 15) is 4.79 Å². The number of nitrogens with zero attached hydrogens (tertiary/aromatic N) is 5. The van der Waals surface area contributed by atoms with Crippen LogP contribution in [-0.2, 0) is 9.53 Å². The molecule has 3 aromatic heterocycles. The van der Waals surface area contributed by atoms with E-state index in [4.69, 9.17) is 15.5 Å². The van der Waals surface area contributed by atoms with Gasteiger partial charge in [0.2, 0.25) is 5.91 Å². The van der Waals surface area contributed by atoms with Crippen molar-refractivity contribution in [1.29, 1.82) is 0 Å². The number of fused-ring (bicyclic) bond motifs is 1. The molecular weight excluding hydrogens is 464 g/mol. The predicted molar refractivity (Wildman–Crippen MR) is 148 cm³/mol. The quantitative estimate of drug-likeness (QED) is 0.486. The maximum absolute atomic E-state index is 12.9. The number of carbonyl (C=O) groups is 1. The van der Waals surface area contributed by atoms with E-state index in [1.54, 1.807) is 25.6 Å². The topological polar surface area (TPSA) is 97.5 Å². The van der Waals surface area contributed by atoms with Crippen LogP contribution in [0.4, 0.5) is 11.5 Å². The molecule has 0 aromatic carbocycles. The Bertz CT molecular complexity index is 1320. The third kappa shape index (κ3) is 5.03. The first-order valence-corrected chi connectivity index (χ1v) is 13.1. The molecule has 1 saturated heterocycles. The number of aromatic nitrogens is 3. The van der Waals surface area contributed by atoms with Gasteiger partial charge in [-0.15, -0.1) is 0 Å². The molecule has 0 spiro atoms. The number of amides is 1. The molecule has 2 aliphatic rings. The average molecular weight is 501 g/mol. The summed E-state index contributed by atoms with van der Waals surface area (Å²) in [6.07, 6.45) is 7.99. The summed E-state index contributed by atoms with van der Waals surface area (Å²) in [6, 6.07) is 6.24. The maximum atomic E-state index is 12.9. The van der Waals surface area contributed by atoms with E-state index in [0.717, 1.165) is 52.1 Å². The summed E-state index contributed by atoms with van der Waals surface area (Å²) in [4.78, 5) is 31.3. The molecule has 1 aliphatic heterocycles. The van der Waals surface area contributed by atoms with E-state index in [0.29, 0.717) is 50.2 Å². The molecule has 3 aromatic rings. The highest BCUT2D eigenvalue weighted by Gasteiger charge is 2.35. The normalized spacial score (nSPS) is 18.0. The molecule has 194 valence electrons. The van der Waals surface area contributed by atoms with E-state index >= 15 is 0 Å². The van der Waals surface area contributed by atoms with Crippen LogP contribution in [0.2, 0.25) is 0 Å². The highest BCUT2D eigenvalue weighted by Crippen LogP contribution is 2.46. The summed E-state index contributed by atoms with van der Waals surface area (Å²) in [5, 5.41) is 1.03. The summed E-state index contributed by atoms with van der Waals surface area (Å²) >= 11 is 0. The number of carbonyl (C=O) groups excluding carboxylic acids is 1. The Labute approximate surface area is 218 Å². The van der Waals surface area contributed by atoms with Crippen molar-refractivity contribution in [2.45, 2.75) is 45.1 Å². The fraction of sp³-hybridized carbons (Fsp3) is 0.448. The van der Waals surface area contributed by atoms with Crippen molar-refractivity contribution in [2.24, 2.45) is 5.92 Å².